The van der Waals surface area contributed by atoms with Crippen molar-refractivity contribution < 1.29 is 0 Å². The normalized spacial score (nSPS) is 23.2. The second kappa shape index (κ2) is 4.95. The summed E-state index contributed by atoms with van der Waals surface area (Å²) in [7, 11) is 0. The van der Waals surface area contributed by atoms with E-state index in [1.165, 1.54) is 23.3 Å². The maximum absolute atomic E-state index is 3.75. The molecular formula is C15H26N2S. The van der Waals surface area contributed by atoms with E-state index in [9.17, 15) is 0 Å². The smallest absolute Gasteiger partial charge is 0.0304 e. The average molecular weight is 266 g/mol. The molecule has 2 heterocycles. The number of thiophene rings is 1. The van der Waals surface area contributed by atoms with E-state index in [2.05, 4.69) is 56.7 Å². The molecule has 0 radical (unpaired) electrons. The molecule has 0 saturated carbocycles. The fraction of sp³-hybridized carbons (Fsp3) is 0.733. The van der Waals surface area contributed by atoms with Gasteiger partial charge in [-0.05, 0) is 64.5 Å². The van der Waals surface area contributed by atoms with Gasteiger partial charge < -0.3 is 10.6 Å². The Hall–Kier alpha value is -0.380. The Morgan fingerprint density at radius 1 is 1.28 bits per heavy atom. The van der Waals surface area contributed by atoms with Gasteiger partial charge in [0.05, 0.1) is 0 Å². The van der Waals surface area contributed by atoms with Crippen molar-refractivity contribution in [2.75, 3.05) is 0 Å². The second-order valence-electron chi connectivity index (χ2n) is 6.91. The summed E-state index contributed by atoms with van der Waals surface area (Å²) in [6.45, 7) is 12.4. The van der Waals surface area contributed by atoms with E-state index in [4.69, 9.17) is 0 Å². The minimum absolute atomic E-state index is 0.226. The third-order valence-corrected chi connectivity index (χ3v) is 4.73. The summed E-state index contributed by atoms with van der Waals surface area (Å²) in [5, 5.41) is 9.66. The number of rotatable bonds is 3. The van der Waals surface area contributed by atoms with Crippen molar-refractivity contribution in [3.05, 3.63) is 21.9 Å². The fourth-order valence-electron chi connectivity index (χ4n) is 3.29. The zero-order valence-corrected chi connectivity index (χ0v) is 13.1. The Balaban J connectivity index is 1.95. The molecule has 0 spiro atoms. The van der Waals surface area contributed by atoms with Crippen LogP contribution in [-0.4, -0.2) is 17.1 Å². The highest BCUT2D eigenvalue weighted by atomic mass is 32.1. The summed E-state index contributed by atoms with van der Waals surface area (Å²) in [6.07, 6.45) is 2.39. The third-order valence-electron chi connectivity index (χ3n) is 3.71. The van der Waals surface area contributed by atoms with Gasteiger partial charge in [-0.25, -0.2) is 0 Å². The number of nitrogens with one attached hydrogen (secondary N) is 2. The van der Waals surface area contributed by atoms with Crippen molar-refractivity contribution in [3.8, 4) is 0 Å². The molecule has 1 aliphatic heterocycles. The first-order valence-electron chi connectivity index (χ1n) is 6.83. The minimum atomic E-state index is 0.226. The van der Waals surface area contributed by atoms with E-state index in [0.717, 1.165) is 6.54 Å². The van der Waals surface area contributed by atoms with Crippen molar-refractivity contribution in [1.29, 1.82) is 0 Å². The Bertz CT molecular complexity index is 390. The van der Waals surface area contributed by atoms with Crippen molar-refractivity contribution in [2.24, 2.45) is 0 Å². The molecule has 1 aliphatic rings. The maximum Gasteiger partial charge on any atom is 0.0304 e. The molecule has 1 saturated heterocycles. The largest absolute Gasteiger partial charge is 0.309 e. The molecule has 2 rings (SSSR count). The molecule has 0 atom stereocenters. The SMILES string of the molecule is Cc1ccsc1CNC1CC(C)(C)NC(C)(C)C1. The highest BCUT2D eigenvalue weighted by Crippen LogP contribution is 2.29. The van der Waals surface area contributed by atoms with E-state index >= 15 is 0 Å². The van der Waals surface area contributed by atoms with E-state index in [0.29, 0.717) is 6.04 Å². The summed E-state index contributed by atoms with van der Waals surface area (Å²) in [6, 6.07) is 2.82. The van der Waals surface area contributed by atoms with E-state index in [1.807, 2.05) is 11.3 Å². The van der Waals surface area contributed by atoms with Crippen molar-refractivity contribution >= 4 is 11.3 Å². The molecule has 18 heavy (non-hydrogen) atoms. The topological polar surface area (TPSA) is 24.1 Å². The van der Waals surface area contributed by atoms with Crippen LogP contribution in [0.1, 0.15) is 51.0 Å². The van der Waals surface area contributed by atoms with Gasteiger partial charge in [0, 0.05) is 28.5 Å². The van der Waals surface area contributed by atoms with Crippen LogP contribution < -0.4 is 10.6 Å². The lowest BCUT2D eigenvalue weighted by Crippen LogP contribution is -2.61. The van der Waals surface area contributed by atoms with Crippen molar-refractivity contribution in [1.82, 2.24) is 10.6 Å². The Morgan fingerprint density at radius 2 is 1.89 bits per heavy atom. The van der Waals surface area contributed by atoms with Crippen LogP contribution in [0.4, 0.5) is 0 Å². The van der Waals surface area contributed by atoms with E-state index in [1.54, 1.807) is 0 Å². The predicted octanol–water partition coefficient (Wildman–Crippen LogP) is 3.46. The van der Waals surface area contributed by atoms with E-state index in [-0.39, 0.29) is 11.1 Å². The second-order valence-corrected chi connectivity index (χ2v) is 7.91. The number of hydrogen-bond acceptors (Lipinski definition) is 3. The standard InChI is InChI=1S/C15H26N2S/c1-11-6-7-18-13(11)10-16-12-8-14(2,3)17-15(4,5)9-12/h6-7,12,16-17H,8-10H2,1-5H3. The molecule has 2 N–H and O–H groups in total. The molecule has 2 nitrogen and oxygen atoms in total. The van der Waals surface area contributed by atoms with Crippen LogP contribution in [0.3, 0.4) is 0 Å². The van der Waals surface area contributed by atoms with Crippen LogP contribution >= 0.6 is 11.3 Å². The lowest BCUT2D eigenvalue weighted by atomic mass is 9.79. The zero-order valence-electron chi connectivity index (χ0n) is 12.3. The molecule has 102 valence electrons. The minimum Gasteiger partial charge on any atom is -0.309 e. The molecule has 1 fully saturated rings. The average Bonchev–Trinajstić information content (AvgIpc) is 2.56. The molecule has 3 heteroatoms. The number of piperidine rings is 1. The van der Waals surface area contributed by atoms with Gasteiger partial charge in [0.25, 0.3) is 0 Å². The van der Waals surface area contributed by atoms with Gasteiger partial charge in [0.15, 0.2) is 0 Å². The van der Waals surface area contributed by atoms with E-state index < -0.39 is 0 Å². The monoisotopic (exact) mass is 266 g/mol. The summed E-state index contributed by atoms with van der Waals surface area (Å²) < 4.78 is 0. The first-order chi connectivity index (χ1) is 8.27. The molecular weight excluding hydrogens is 240 g/mol. The molecule has 0 unspecified atom stereocenters. The Morgan fingerprint density at radius 3 is 2.39 bits per heavy atom. The summed E-state index contributed by atoms with van der Waals surface area (Å²) in [5.74, 6) is 0. The highest BCUT2D eigenvalue weighted by molar-refractivity contribution is 7.10. The molecule has 0 amide bonds. The first-order valence-corrected chi connectivity index (χ1v) is 7.71. The Labute approximate surface area is 115 Å². The van der Waals surface area contributed by atoms with Gasteiger partial charge >= 0.3 is 0 Å². The van der Waals surface area contributed by atoms with Gasteiger partial charge in [-0.15, -0.1) is 11.3 Å². The lowest BCUT2D eigenvalue weighted by Gasteiger charge is -2.46. The molecule has 0 aliphatic carbocycles. The van der Waals surface area contributed by atoms with Gasteiger partial charge in [0.1, 0.15) is 0 Å². The first kappa shape index (κ1) is 14.0. The van der Waals surface area contributed by atoms with Gasteiger partial charge in [-0.1, -0.05) is 0 Å². The van der Waals surface area contributed by atoms with Gasteiger partial charge in [0.2, 0.25) is 0 Å². The maximum atomic E-state index is 3.75. The van der Waals surface area contributed by atoms with Gasteiger partial charge in [-0.2, -0.15) is 0 Å². The van der Waals surface area contributed by atoms with Crippen LogP contribution in [0, 0.1) is 6.92 Å². The van der Waals surface area contributed by atoms with Crippen LogP contribution in [0.25, 0.3) is 0 Å². The fourth-order valence-corrected chi connectivity index (χ4v) is 4.15. The highest BCUT2D eigenvalue weighted by Gasteiger charge is 2.37. The molecule has 0 bridgehead atoms. The van der Waals surface area contributed by atoms with Crippen LogP contribution in [-0.2, 0) is 6.54 Å². The predicted molar refractivity (Wildman–Crippen MR) is 80.2 cm³/mol. The quantitative estimate of drug-likeness (QED) is 0.875. The number of aryl methyl sites for hydroxylation is 1. The molecule has 0 aromatic carbocycles. The summed E-state index contributed by atoms with van der Waals surface area (Å²) in [5.41, 5.74) is 1.87. The zero-order chi connectivity index (χ0) is 13.4. The third kappa shape index (κ3) is 3.56. The van der Waals surface area contributed by atoms with Crippen LogP contribution in [0.2, 0.25) is 0 Å². The van der Waals surface area contributed by atoms with Crippen LogP contribution in [0.15, 0.2) is 11.4 Å². The summed E-state index contributed by atoms with van der Waals surface area (Å²) >= 11 is 1.86. The van der Waals surface area contributed by atoms with Crippen LogP contribution in [0.5, 0.6) is 0 Å². The Kier molecular flexibility index (Phi) is 3.86. The van der Waals surface area contributed by atoms with Crippen molar-refractivity contribution in [3.63, 3.8) is 0 Å². The van der Waals surface area contributed by atoms with Gasteiger partial charge in [-0.3, -0.25) is 0 Å². The summed E-state index contributed by atoms with van der Waals surface area (Å²) in [4.78, 5) is 1.48. The molecule has 1 aromatic heterocycles. The molecule has 1 aromatic rings. The number of hydrogen-bond donors (Lipinski definition) is 2. The van der Waals surface area contributed by atoms with Crippen molar-refractivity contribution in [2.45, 2.75) is 71.1 Å². The lowest BCUT2D eigenvalue weighted by molar-refractivity contribution is 0.145.